The van der Waals surface area contributed by atoms with Gasteiger partial charge in [0, 0.05) is 17.9 Å². The lowest BCUT2D eigenvalue weighted by molar-refractivity contribution is 0.0680. The molecule has 0 atom stereocenters. The standard InChI is InChI=1S/C14H20BrNO2/c1-3-11(4-2)16(10-9-15)14(18)12-7-5-6-8-13(12)17/h5-8,11,17H,3-4,9-10H2,1-2H3. The average molecular weight is 314 g/mol. The maximum Gasteiger partial charge on any atom is 0.257 e. The van der Waals surface area contributed by atoms with Crippen LogP contribution in [0.3, 0.4) is 0 Å². The fourth-order valence-electron chi connectivity index (χ4n) is 2.08. The number of carbonyl (C=O) groups is 1. The van der Waals surface area contributed by atoms with Crippen molar-refractivity contribution in [3.05, 3.63) is 29.8 Å². The van der Waals surface area contributed by atoms with Gasteiger partial charge in [0.25, 0.3) is 5.91 Å². The van der Waals surface area contributed by atoms with Gasteiger partial charge < -0.3 is 10.0 Å². The predicted octanol–water partition coefficient (Wildman–Crippen LogP) is 3.42. The number of nitrogens with zero attached hydrogens (tertiary/aromatic N) is 1. The molecule has 0 radical (unpaired) electrons. The molecule has 0 aliphatic heterocycles. The van der Waals surface area contributed by atoms with Crippen LogP contribution in [0.15, 0.2) is 24.3 Å². The van der Waals surface area contributed by atoms with Gasteiger partial charge in [-0.15, -0.1) is 0 Å². The first kappa shape index (κ1) is 15.0. The maximum absolute atomic E-state index is 12.5. The number of phenolic OH excluding ortho intramolecular Hbond substituents is 1. The van der Waals surface area contributed by atoms with Crippen molar-refractivity contribution in [3.8, 4) is 5.75 Å². The SMILES string of the molecule is CCC(CC)N(CCBr)C(=O)c1ccccc1O. The zero-order chi connectivity index (χ0) is 13.5. The molecule has 0 saturated carbocycles. The predicted molar refractivity (Wildman–Crippen MR) is 77.3 cm³/mol. The molecule has 1 amide bonds. The second-order valence-electron chi connectivity index (χ2n) is 4.17. The van der Waals surface area contributed by atoms with E-state index >= 15 is 0 Å². The smallest absolute Gasteiger partial charge is 0.257 e. The van der Waals surface area contributed by atoms with Gasteiger partial charge in [-0.2, -0.15) is 0 Å². The van der Waals surface area contributed by atoms with Gasteiger partial charge in [0.05, 0.1) is 5.56 Å². The first-order valence-electron chi connectivity index (χ1n) is 6.30. The lowest BCUT2D eigenvalue weighted by Gasteiger charge is -2.30. The van der Waals surface area contributed by atoms with Crippen LogP contribution in [0.1, 0.15) is 37.0 Å². The van der Waals surface area contributed by atoms with Crippen LogP contribution < -0.4 is 0 Å². The number of hydrogen-bond donors (Lipinski definition) is 1. The van der Waals surface area contributed by atoms with Crippen molar-refractivity contribution < 1.29 is 9.90 Å². The van der Waals surface area contributed by atoms with Crippen molar-refractivity contribution in [3.63, 3.8) is 0 Å². The highest BCUT2D eigenvalue weighted by molar-refractivity contribution is 9.09. The van der Waals surface area contributed by atoms with Crippen LogP contribution in [0, 0.1) is 0 Å². The van der Waals surface area contributed by atoms with Gasteiger partial charge in [0.15, 0.2) is 0 Å². The molecule has 3 nitrogen and oxygen atoms in total. The first-order valence-corrected chi connectivity index (χ1v) is 7.42. The summed E-state index contributed by atoms with van der Waals surface area (Å²) >= 11 is 3.38. The van der Waals surface area contributed by atoms with Crippen molar-refractivity contribution in [1.29, 1.82) is 0 Å². The molecule has 1 N–H and O–H groups in total. The Hall–Kier alpha value is -1.03. The third-order valence-corrected chi connectivity index (χ3v) is 3.46. The number of para-hydroxylation sites is 1. The minimum Gasteiger partial charge on any atom is -0.507 e. The molecule has 4 heteroatoms. The minimum atomic E-state index is -0.0961. The van der Waals surface area contributed by atoms with Crippen molar-refractivity contribution in [1.82, 2.24) is 4.90 Å². The fraction of sp³-hybridized carbons (Fsp3) is 0.500. The van der Waals surface area contributed by atoms with E-state index in [4.69, 9.17) is 0 Å². The molecule has 100 valence electrons. The van der Waals surface area contributed by atoms with Gasteiger partial charge in [0.1, 0.15) is 5.75 Å². The Morgan fingerprint density at radius 1 is 1.33 bits per heavy atom. The van der Waals surface area contributed by atoms with Gasteiger partial charge in [-0.3, -0.25) is 4.79 Å². The highest BCUT2D eigenvalue weighted by Crippen LogP contribution is 2.20. The average Bonchev–Trinajstić information content (AvgIpc) is 2.39. The molecule has 0 saturated heterocycles. The van der Waals surface area contributed by atoms with E-state index in [0.717, 1.165) is 18.2 Å². The summed E-state index contributed by atoms with van der Waals surface area (Å²) in [5.41, 5.74) is 0.380. The number of aromatic hydroxyl groups is 1. The largest absolute Gasteiger partial charge is 0.507 e. The highest BCUT2D eigenvalue weighted by atomic mass is 79.9. The molecule has 1 aromatic rings. The van der Waals surface area contributed by atoms with Crippen LogP contribution in [0.5, 0.6) is 5.75 Å². The molecule has 0 unspecified atom stereocenters. The molecule has 0 fully saturated rings. The molecule has 1 aromatic carbocycles. The van der Waals surface area contributed by atoms with E-state index in [1.807, 2.05) is 4.90 Å². The monoisotopic (exact) mass is 313 g/mol. The Bertz CT molecular complexity index is 391. The summed E-state index contributed by atoms with van der Waals surface area (Å²) in [6, 6.07) is 6.92. The molecule has 0 spiro atoms. The summed E-state index contributed by atoms with van der Waals surface area (Å²) < 4.78 is 0. The van der Waals surface area contributed by atoms with Crippen LogP contribution in [0.25, 0.3) is 0 Å². The van der Waals surface area contributed by atoms with Crippen LogP contribution in [-0.2, 0) is 0 Å². The zero-order valence-corrected chi connectivity index (χ0v) is 12.5. The third kappa shape index (κ3) is 3.48. The number of rotatable bonds is 6. The topological polar surface area (TPSA) is 40.5 Å². The van der Waals surface area contributed by atoms with E-state index in [2.05, 4.69) is 29.8 Å². The lowest BCUT2D eigenvalue weighted by atomic mass is 10.1. The van der Waals surface area contributed by atoms with Crippen molar-refractivity contribution >= 4 is 21.8 Å². The summed E-state index contributed by atoms with van der Waals surface area (Å²) in [5.74, 6) is -0.0470. The molecule has 18 heavy (non-hydrogen) atoms. The molecular formula is C14H20BrNO2. The van der Waals surface area contributed by atoms with Crippen LogP contribution in [0.2, 0.25) is 0 Å². The number of halogens is 1. The normalized spacial score (nSPS) is 10.7. The van der Waals surface area contributed by atoms with Gasteiger partial charge >= 0.3 is 0 Å². The van der Waals surface area contributed by atoms with Gasteiger partial charge in [-0.1, -0.05) is 41.9 Å². The molecule has 0 aromatic heterocycles. The van der Waals surface area contributed by atoms with Gasteiger partial charge in [0.2, 0.25) is 0 Å². The number of hydrogen-bond acceptors (Lipinski definition) is 2. The number of alkyl halides is 1. The van der Waals surface area contributed by atoms with Crippen LogP contribution >= 0.6 is 15.9 Å². The molecule has 0 aliphatic rings. The Morgan fingerprint density at radius 3 is 2.44 bits per heavy atom. The Balaban J connectivity index is 2.99. The van der Waals surface area contributed by atoms with Gasteiger partial charge in [-0.25, -0.2) is 0 Å². The second kappa shape index (κ2) is 7.41. The van der Waals surface area contributed by atoms with Crippen LogP contribution in [0.4, 0.5) is 0 Å². The summed E-state index contributed by atoms with van der Waals surface area (Å²) in [6.45, 7) is 4.81. The van der Waals surface area contributed by atoms with E-state index < -0.39 is 0 Å². The number of carbonyl (C=O) groups excluding carboxylic acids is 1. The number of phenols is 1. The summed E-state index contributed by atoms with van der Waals surface area (Å²) in [6.07, 6.45) is 1.84. The van der Waals surface area contributed by atoms with E-state index in [0.29, 0.717) is 12.1 Å². The second-order valence-corrected chi connectivity index (χ2v) is 4.97. The summed E-state index contributed by atoms with van der Waals surface area (Å²) in [7, 11) is 0. The van der Waals surface area contributed by atoms with Gasteiger partial charge in [-0.05, 0) is 25.0 Å². The van der Waals surface area contributed by atoms with Crippen molar-refractivity contribution in [2.24, 2.45) is 0 Å². The summed E-state index contributed by atoms with van der Waals surface area (Å²) in [5, 5.41) is 10.5. The molecule has 0 aliphatic carbocycles. The fourth-order valence-corrected chi connectivity index (χ4v) is 2.46. The zero-order valence-electron chi connectivity index (χ0n) is 10.9. The van der Waals surface area contributed by atoms with E-state index in [1.54, 1.807) is 24.3 Å². The Labute approximate surface area is 117 Å². The van der Waals surface area contributed by atoms with Crippen molar-refractivity contribution in [2.75, 3.05) is 11.9 Å². The molecule has 1 rings (SSSR count). The highest BCUT2D eigenvalue weighted by Gasteiger charge is 2.23. The number of amides is 1. The first-order chi connectivity index (χ1) is 8.65. The van der Waals surface area contributed by atoms with E-state index in [-0.39, 0.29) is 17.7 Å². The molecule has 0 bridgehead atoms. The lowest BCUT2D eigenvalue weighted by Crippen LogP contribution is -2.41. The Kier molecular flexibility index (Phi) is 6.19. The quantitative estimate of drug-likeness (QED) is 0.817. The minimum absolute atomic E-state index is 0.0491. The van der Waals surface area contributed by atoms with E-state index in [9.17, 15) is 9.90 Å². The number of benzene rings is 1. The Morgan fingerprint density at radius 2 is 1.94 bits per heavy atom. The van der Waals surface area contributed by atoms with Crippen LogP contribution in [-0.4, -0.2) is 33.8 Å². The third-order valence-electron chi connectivity index (χ3n) is 3.10. The summed E-state index contributed by atoms with van der Waals surface area (Å²) in [4.78, 5) is 14.3. The molecule has 0 heterocycles. The maximum atomic E-state index is 12.5. The van der Waals surface area contributed by atoms with Crippen molar-refractivity contribution in [2.45, 2.75) is 32.7 Å². The van der Waals surface area contributed by atoms with E-state index in [1.165, 1.54) is 0 Å². The molecular weight excluding hydrogens is 294 g/mol.